The Morgan fingerprint density at radius 1 is 1.15 bits per heavy atom. The summed E-state index contributed by atoms with van der Waals surface area (Å²) in [5.41, 5.74) is 7.05. The first kappa shape index (κ1) is 18.3. The molecule has 3 saturated heterocycles. The van der Waals surface area contributed by atoms with Crippen LogP contribution in [0, 0.1) is 17.0 Å². The van der Waals surface area contributed by atoms with E-state index >= 15 is 0 Å². The van der Waals surface area contributed by atoms with E-state index < -0.39 is 17.7 Å². The molecule has 4 nitrogen and oxygen atoms in total. The molecule has 0 amide bonds. The summed E-state index contributed by atoms with van der Waals surface area (Å²) in [5.74, 6) is -0.905. The molecule has 3 aliphatic heterocycles. The van der Waals surface area contributed by atoms with Gasteiger partial charge >= 0.3 is 0 Å². The first-order chi connectivity index (χ1) is 12.5. The van der Waals surface area contributed by atoms with Crippen molar-refractivity contribution in [3.63, 3.8) is 0 Å². The fourth-order valence-electron chi connectivity index (χ4n) is 5.08. The molecule has 26 heavy (non-hydrogen) atoms. The predicted molar refractivity (Wildman–Crippen MR) is 96.8 cm³/mol. The maximum Gasteiger partial charge on any atom is 0.129 e. The van der Waals surface area contributed by atoms with E-state index in [2.05, 4.69) is 16.8 Å². The molecule has 2 N–H and O–H groups in total. The van der Waals surface area contributed by atoms with Crippen LogP contribution in [0.25, 0.3) is 0 Å². The van der Waals surface area contributed by atoms with Gasteiger partial charge in [0.15, 0.2) is 0 Å². The van der Waals surface area contributed by atoms with Crippen LogP contribution in [0.2, 0.25) is 0 Å². The van der Waals surface area contributed by atoms with E-state index in [1.807, 2.05) is 0 Å². The third kappa shape index (κ3) is 3.52. The average Bonchev–Trinajstić information content (AvgIpc) is 2.98. The molecule has 1 aromatic carbocycles. The normalized spacial score (nSPS) is 33.0. The summed E-state index contributed by atoms with van der Waals surface area (Å²) >= 11 is 0. The predicted octanol–water partition coefficient (Wildman–Crippen LogP) is 2.54. The van der Waals surface area contributed by atoms with Crippen molar-refractivity contribution in [3.8, 4) is 0 Å². The van der Waals surface area contributed by atoms with Crippen molar-refractivity contribution in [2.24, 2.45) is 11.1 Å². The Labute approximate surface area is 154 Å². The fourth-order valence-corrected chi connectivity index (χ4v) is 5.08. The van der Waals surface area contributed by atoms with E-state index in [1.54, 1.807) is 0 Å². The maximum absolute atomic E-state index is 14.1. The Morgan fingerprint density at radius 2 is 1.88 bits per heavy atom. The van der Waals surface area contributed by atoms with Crippen LogP contribution in [0.4, 0.5) is 8.78 Å². The largest absolute Gasteiger partial charge is 0.370 e. The highest BCUT2D eigenvalue weighted by Gasteiger charge is 2.42. The third-order valence-electron chi connectivity index (χ3n) is 6.67. The monoisotopic (exact) mass is 365 g/mol. The van der Waals surface area contributed by atoms with Gasteiger partial charge in [0.1, 0.15) is 17.7 Å². The van der Waals surface area contributed by atoms with Crippen LogP contribution in [0.15, 0.2) is 18.2 Å². The highest BCUT2D eigenvalue weighted by Crippen LogP contribution is 2.41. The molecular weight excluding hydrogens is 336 g/mol. The number of nitrogens with two attached hydrogens (primary N) is 1. The number of rotatable bonds is 2. The number of piperidine rings is 1. The van der Waals surface area contributed by atoms with Crippen molar-refractivity contribution in [3.05, 3.63) is 35.4 Å². The Morgan fingerprint density at radius 3 is 2.54 bits per heavy atom. The van der Waals surface area contributed by atoms with Crippen molar-refractivity contribution in [1.29, 1.82) is 0 Å². The number of nitrogens with zero attached hydrogens (tertiary/aromatic N) is 2. The minimum Gasteiger partial charge on any atom is -0.370 e. The van der Waals surface area contributed by atoms with Crippen molar-refractivity contribution >= 4 is 0 Å². The summed E-state index contributed by atoms with van der Waals surface area (Å²) in [6.45, 7) is 5.10. The molecule has 1 spiro atoms. The van der Waals surface area contributed by atoms with Gasteiger partial charge in [0.05, 0.1) is 6.61 Å². The van der Waals surface area contributed by atoms with Crippen LogP contribution in [0.5, 0.6) is 0 Å². The summed E-state index contributed by atoms with van der Waals surface area (Å²) in [7, 11) is 2.21. The quantitative estimate of drug-likeness (QED) is 0.875. The summed E-state index contributed by atoms with van der Waals surface area (Å²) in [6, 6.07) is 3.43. The van der Waals surface area contributed by atoms with Gasteiger partial charge in [-0.15, -0.1) is 0 Å². The molecule has 0 saturated carbocycles. The second-order valence-corrected chi connectivity index (χ2v) is 8.50. The van der Waals surface area contributed by atoms with Gasteiger partial charge in [-0.3, -0.25) is 4.90 Å². The standard InChI is InChI=1S/C20H29F2N3O/c1-24-7-4-20(13-24)5-8-25(9-6-20)15-11-18(23)19(26-12-15)16-10-14(21)2-3-17(16)22/h2-3,10,15,18-19H,4-9,11-13,23H2,1H3. The lowest BCUT2D eigenvalue weighted by molar-refractivity contribution is -0.0628. The molecule has 0 aromatic heterocycles. The number of likely N-dealkylation sites (tertiary alicyclic amines) is 2. The molecule has 3 atom stereocenters. The maximum atomic E-state index is 14.1. The van der Waals surface area contributed by atoms with Gasteiger partial charge < -0.3 is 15.4 Å². The molecule has 0 radical (unpaired) electrons. The number of benzene rings is 1. The van der Waals surface area contributed by atoms with Gasteiger partial charge in [0, 0.05) is 24.2 Å². The summed E-state index contributed by atoms with van der Waals surface area (Å²) in [6.07, 6.45) is 3.95. The van der Waals surface area contributed by atoms with Gasteiger partial charge in [-0.1, -0.05) is 0 Å². The van der Waals surface area contributed by atoms with E-state index in [9.17, 15) is 8.78 Å². The van der Waals surface area contributed by atoms with Gasteiger partial charge in [-0.2, -0.15) is 0 Å². The Hall–Kier alpha value is -1.08. The summed E-state index contributed by atoms with van der Waals surface area (Å²) in [5, 5.41) is 0. The molecule has 6 heteroatoms. The van der Waals surface area contributed by atoms with Crippen LogP contribution in [-0.2, 0) is 4.74 Å². The van der Waals surface area contributed by atoms with Crippen molar-refractivity contribution in [2.75, 3.05) is 39.8 Å². The molecular formula is C20H29F2N3O. The number of ether oxygens (including phenoxy) is 1. The Balaban J connectivity index is 1.36. The number of hydrogen-bond acceptors (Lipinski definition) is 4. The van der Waals surface area contributed by atoms with Gasteiger partial charge in [-0.05, 0) is 76.0 Å². The van der Waals surface area contributed by atoms with Crippen LogP contribution in [-0.4, -0.2) is 61.7 Å². The van der Waals surface area contributed by atoms with Crippen LogP contribution in [0.3, 0.4) is 0 Å². The molecule has 3 unspecified atom stereocenters. The average molecular weight is 365 g/mol. The van der Waals surface area contributed by atoms with E-state index in [0.29, 0.717) is 12.0 Å². The fraction of sp³-hybridized carbons (Fsp3) is 0.700. The highest BCUT2D eigenvalue weighted by molar-refractivity contribution is 5.23. The Bertz CT molecular complexity index is 648. The molecule has 3 aliphatic rings. The molecule has 0 aliphatic carbocycles. The van der Waals surface area contributed by atoms with E-state index in [0.717, 1.165) is 31.6 Å². The second-order valence-electron chi connectivity index (χ2n) is 8.50. The van der Waals surface area contributed by atoms with Gasteiger partial charge in [-0.25, -0.2) is 8.78 Å². The molecule has 4 rings (SSSR count). The summed E-state index contributed by atoms with van der Waals surface area (Å²) < 4.78 is 33.5. The zero-order chi connectivity index (χ0) is 18.3. The first-order valence-electron chi connectivity index (χ1n) is 9.70. The number of halogens is 2. The topological polar surface area (TPSA) is 41.7 Å². The molecule has 144 valence electrons. The highest BCUT2D eigenvalue weighted by atomic mass is 19.1. The van der Waals surface area contributed by atoms with Crippen molar-refractivity contribution < 1.29 is 13.5 Å². The number of hydrogen-bond donors (Lipinski definition) is 1. The van der Waals surface area contributed by atoms with Crippen molar-refractivity contribution in [1.82, 2.24) is 9.80 Å². The third-order valence-corrected chi connectivity index (χ3v) is 6.67. The molecule has 3 fully saturated rings. The second kappa shape index (κ2) is 7.15. The van der Waals surface area contributed by atoms with Gasteiger partial charge in [0.25, 0.3) is 0 Å². The van der Waals surface area contributed by atoms with Crippen LogP contribution < -0.4 is 5.73 Å². The minimum absolute atomic E-state index is 0.238. The molecule has 1 aromatic rings. The lowest BCUT2D eigenvalue weighted by Crippen LogP contribution is -2.53. The Kier molecular flexibility index (Phi) is 5.03. The lowest BCUT2D eigenvalue weighted by Gasteiger charge is -2.45. The van der Waals surface area contributed by atoms with Crippen molar-refractivity contribution in [2.45, 2.75) is 43.9 Å². The zero-order valence-corrected chi connectivity index (χ0v) is 15.5. The SMILES string of the molecule is CN1CCC2(CCN(C3COC(c4cc(F)ccc4F)C(N)C3)CC2)C1. The zero-order valence-electron chi connectivity index (χ0n) is 15.5. The molecule has 0 bridgehead atoms. The lowest BCUT2D eigenvalue weighted by atomic mass is 9.77. The smallest absolute Gasteiger partial charge is 0.129 e. The van der Waals surface area contributed by atoms with Gasteiger partial charge in [0.2, 0.25) is 0 Å². The minimum atomic E-state index is -0.568. The van der Waals surface area contributed by atoms with Crippen LogP contribution in [0.1, 0.15) is 37.4 Å². The van der Waals surface area contributed by atoms with E-state index in [1.165, 1.54) is 38.4 Å². The summed E-state index contributed by atoms with van der Waals surface area (Å²) in [4.78, 5) is 4.93. The molecule has 3 heterocycles. The first-order valence-corrected chi connectivity index (χ1v) is 9.70. The van der Waals surface area contributed by atoms with Crippen LogP contribution >= 0.6 is 0 Å². The van der Waals surface area contributed by atoms with E-state index in [4.69, 9.17) is 10.5 Å². The van der Waals surface area contributed by atoms with E-state index in [-0.39, 0.29) is 17.6 Å².